The summed E-state index contributed by atoms with van der Waals surface area (Å²) >= 11 is 0. The number of hydrogen-bond donors (Lipinski definition) is 0. The first-order chi connectivity index (χ1) is 46.9. The Balaban J connectivity index is 1.07. The van der Waals surface area contributed by atoms with E-state index in [1.807, 2.05) is 0 Å². The Morgan fingerprint density at radius 3 is 1.14 bits per heavy atom. The van der Waals surface area contributed by atoms with E-state index < -0.39 is 5.41 Å². The molecule has 2 aliphatic heterocycles. The van der Waals surface area contributed by atoms with E-state index in [-0.39, 0.29) is 17.5 Å². The van der Waals surface area contributed by atoms with Gasteiger partial charge in [0.05, 0.1) is 16.8 Å². The Morgan fingerprint density at radius 1 is 0.260 bits per heavy atom. The van der Waals surface area contributed by atoms with Gasteiger partial charge in [0.2, 0.25) is 0 Å². The fraction of sp³-hybridized carbons (Fsp3) is 0.0968. The van der Waals surface area contributed by atoms with Crippen LogP contribution in [0, 0.1) is 0 Å². The van der Waals surface area contributed by atoms with Crippen molar-refractivity contribution in [3.8, 4) is 77.9 Å². The maximum Gasteiger partial charge on any atom is 0.252 e. The highest BCUT2D eigenvalue weighted by atomic mass is 15.2. The molecule has 1 aliphatic carbocycles. The van der Waals surface area contributed by atoms with Crippen LogP contribution in [0.3, 0.4) is 0 Å². The van der Waals surface area contributed by atoms with E-state index in [1.165, 1.54) is 83.3 Å². The van der Waals surface area contributed by atoms with Gasteiger partial charge in [0.1, 0.15) is 0 Å². The summed E-state index contributed by atoms with van der Waals surface area (Å²) in [6.07, 6.45) is 0. The maximum atomic E-state index is 2.72. The largest absolute Gasteiger partial charge is 0.310 e. The number of hydrogen-bond acceptors (Lipinski definition) is 2. The fourth-order valence-corrected chi connectivity index (χ4v) is 16.2. The third-order valence-corrected chi connectivity index (χ3v) is 20.7. The first-order valence-corrected chi connectivity index (χ1v) is 33.9. The van der Waals surface area contributed by atoms with E-state index in [1.54, 1.807) is 0 Å². The average Bonchev–Trinajstić information content (AvgIpc) is 1.08. The lowest BCUT2D eigenvalue weighted by Gasteiger charge is -2.46. The van der Waals surface area contributed by atoms with Crippen LogP contribution in [-0.2, 0) is 16.2 Å². The molecule has 2 nitrogen and oxygen atoms in total. The molecule has 0 spiro atoms. The van der Waals surface area contributed by atoms with Crippen LogP contribution in [0.1, 0.15) is 74.9 Å². The number of anilines is 6. The monoisotopic (exact) mass is 1230 g/mol. The van der Waals surface area contributed by atoms with Crippen molar-refractivity contribution in [2.75, 3.05) is 9.80 Å². The molecule has 0 saturated heterocycles. The first-order valence-electron chi connectivity index (χ1n) is 33.9. The molecule has 0 unspecified atom stereocenters. The topological polar surface area (TPSA) is 6.48 Å². The van der Waals surface area contributed by atoms with Crippen molar-refractivity contribution >= 4 is 57.2 Å². The van der Waals surface area contributed by atoms with Crippen LogP contribution < -0.4 is 26.2 Å². The minimum atomic E-state index is -0.691. The van der Waals surface area contributed by atoms with E-state index in [9.17, 15) is 0 Å². The number of benzene rings is 14. The van der Waals surface area contributed by atoms with Crippen molar-refractivity contribution in [1.29, 1.82) is 0 Å². The van der Waals surface area contributed by atoms with Gasteiger partial charge in [-0.25, -0.2) is 0 Å². The van der Waals surface area contributed by atoms with Crippen LogP contribution in [0.25, 0.3) is 77.9 Å². The Bertz CT molecular complexity index is 5130. The summed E-state index contributed by atoms with van der Waals surface area (Å²) in [5.41, 5.74) is 33.7. The van der Waals surface area contributed by atoms with Gasteiger partial charge >= 0.3 is 0 Å². The van der Waals surface area contributed by atoms with Gasteiger partial charge in [0, 0.05) is 45.0 Å². The highest BCUT2D eigenvalue weighted by Gasteiger charge is 2.50. The summed E-state index contributed by atoms with van der Waals surface area (Å²) in [5.74, 6) is 0. The maximum absolute atomic E-state index is 2.72. The summed E-state index contributed by atoms with van der Waals surface area (Å²) in [5, 5.41) is 0. The van der Waals surface area contributed by atoms with Gasteiger partial charge in [-0.15, -0.1) is 0 Å². The van der Waals surface area contributed by atoms with Crippen LogP contribution >= 0.6 is 0 Å². The van der Waals surface area contributed by atoms with Crippen LogP contribution in [0.4, 0.5) is 34.1 Å². The minimum absolute atomic E-state index is 0.00788. The second kappa shape index (κ2) is 23.0. The smallest absolute Gasteiger partial charge is 0.252 e. The van der Waals surface area contributed by atoms with Gasteiger partial charge in [-0.1, -0.05) is 351 Å². The molecule has 3 aliphatic rings. The molecule has 96 heavy (non-hydrogen) atoms. The average molecular weight is 1230 g/mol. The van der Waals surface area contributed by atoms with Crippen molar-refractivity contribution in [3.05, 3.63) is 367 Å². The number of para-hydroxylation sites is 2. The quantitative estimate of drug-likeness (QED) is 0.126. The highest BCUT2D eigenvalue weighted by Crippen LogP contribution is 2.61. The van der Waals surface area contributed by atoms with Gasteiger partial charge in [-0.3, -0.25) is 0 Å². The van der Waals surface area contributed by atoms with E-state index >= 15 is 0 Å². The molecule has 0 amide bonds. The molecule has 0 radical (unpaired) electrons. The molecule has 3 heteroatoms. The summed E-state index contributed by atoms with van der Waals surface area (Å²) in [6, 6.07) is 127. The predicted molar refractivity (Wildman–Crippen MR) is 408 cm³/mol. The van der Waals surface area contributed by atoms with Crippen LogP contribution in [0.2, 0.25) is 0 Å². The van der Waals surface area contributed by atoms with Crippen molar-refractivity contribution < 1.29 is 0 Å². The molecular weight excluding hydrogens is 1160 g/mol. The molecule has 14 aromatic carbocycles. The zero-order valence-electron chi connectivity index (χ0n) is 55.2. The van der Waals surface area contributed by atoms with E-state index in [0.29, 0.717) is 0 Å². The molecule has 0 saturated carbocycles. The fourth-order valence-electron chi connectivity index (χ4n) is 16.2. The Labute approximate surface area is 566 Å². The lowest BCUT2D eigenvalue weighted by molar-refractivity contribution is 0.590. The number of nitrogens with zero attached hydrogens (tertiary/aromatic N) is 2. The van der Waals surface area contributed by atoms with Gasteiger partial charge < -0.3 is 9.80 Å². The van der Waals surface area contributed by atoms with Crippen LogP contribution in [0.15, 0.2) is 334 Å². The minimum Gasteiger partial charge on any atom is -0.310 e. The summed E-state index contributed by atoms with van der Waals surface area (Å²) in [4.78, 5) is 5.41. The van der Waals surface area contributed by atoms with Crippen molar-refractivity contribution in [1.82, 2.24) is 0 Å². The summed E-state index contributed by atoms with van der Waals surface area (Å²) in [6.45, 7) is 13.8. The molecule has 0 bridgehead atoms. The number of rotatable bonds is 10. The Morgan fingerprint density at radius 2 is 0.656 bits per heavy atom. The SMILES string of the molecule is CC(C)(C)c1ccc(-c2ccc3c(c2)B2c4ccc(C(C)(C)C)cc4N(c4c(-c5ccccc5)cccc4-c4ccccc4)c4cc(-c5cccc6c5C(c5ccccc5)(c5ccccc5)c5ccccc5-6)cc(c42)N3c2c(-c3ccccc3)cccc2-c2ccccc2)cc1. The zero-order valence-corrected chi connectivity index (χ0v) is 55.2. The lowest BCUT2D eigenvalue weighted by atomic mass is 9.33. The van der Waals surface area contributed by atoms with Gasteiger partial charge in [0.15, 0.2) is 0 Å². The van der Waals surface area contributed by atoms with E-state index in [0.717, 1.165) is 78.5 Å². The van der Waals surface area contributed by atoms with Gasteiger partial charge in [-0.2, -0.15) is 0 Å². The molecular formula is C93H73BN2. The molecule has 0 N–H and O–H groups in total. The molecule has 0 atom stereocenters. The second-order valence-corrected chi connectivity index (χ2v) is 28.3. The molecule has 14 aromatic rings. The normalized spacial score (nSPS) is 13.3. The summed E-state index contributed by atoms with van der Waals surface area (Å²) < 4.78 is 0. The van der Waals surface area contributed by atoms with E-state index in [4.69, 9.17) is 0 Å². The highest BCUT2D eigenvalue weighted by molar-refractivity contribution is 7.00. The second-order valence-electron chi connectivity index (χ2n) is 28.3. The Hall–Kier alpha value is -11.3. The number of fused-ring (bicyclic) bond motifs is 7. The van der Waals surface area contributed by atoms with Gasteiger partial charge in [0.25, 0.3) is 6.71 Å². The van der Waals surface area contributed by atoms with Crippen LogP contribution in [-0.4, -0.2) is 6.71 Å². The predicted octanol–water partition coefficient (Wildman–Crippen LogP) is 22.7. The van der Waals surface area contributed by atoms with Crippen LogP contribution in [0.5, 0.6) is 0 Å². The Kier molecular flexibility index (Phi) is 14.1. The standard InChI is InChI=1S/C93H73BN2/c1-91(2,3)69-53-50-62(51-54-69)67-52-57-83-82(58-67)94-81-56-55-72(92(4,5)6)61-84(81)96(90-76(65-34-17-9-18-35-65)46-29-47-77(90)66-36-19-10-20-37-66)86-60-68(59-85(88(86)94)95(83)89-74(63-30-13-7-14-31-63)44-28-45-75(89)64-32-15-8-16-33-64)73-43-27-48-79-78-42-25-26-49-80(78)93(87(73)79,70-38-21-11-22-39-70)71-40-23-12-24-41-71/h7-61H,1-6H3. The first kappa shape index (κ1) is 58.6. The molecule has 0 aromatic heterocycles. The molecule has 458 valence electrons. The third-order valence-electron chi connectivity index (χ3n) is 20.7. The summed E-state index contributed by atoms with van der Waals surface area (Å²) in [7, 11) is 0. The van der Waals surface area contributed by atoms with E-state index in [2.05, 4.69) is 385 Å². The molecule has 2 heterocycles. The third kappa shape index (κ3) is 9.46. The van der Waals surface area contributed by atoms with Crippen molar-refractivity contribution in [2.45, 2.75) is 57.8 Å². The van der Waals surface area contributed by atoms with Crippen molar-refractivity contribution in [2.24, 2.45) is 0 Å². The lowest BCUT2D eigenvalue weighted by Crippen LogP contribution is -2.61. The molecule has 17 rings (SSSR count). The molecule has 0 fully saturated rings. The van der Waals surface area contributed by atoms with Crippen molar-refractivity contribution in [3.63, 3.8) is 0 Å². The zero-order chi connectivity index (χ0) is 64.9. The van der Waals surface area contributed by atoms with Gasteiger partial charge in [-0.05, 0) is 140 Å².